The Labute approximate surface area is 147 Å². The summed E-state index contributed by atoms with van der Waals surface area (Å²) in [7, 11) is -0.667. The summed E-state index contributed by atoms with van der Waals surface area (Å²) in [5, 5.41) is 2.73. The lowest BCUT2D eigenvalue weighted by atomic mass is 10.1. The number of alkyl carbamates (subject to hydrolysis) is 1. The fourth-order valence-electron chi connectivity index (χ4n) is 2.27. The van der Waals surface area contributed by atoms with Crippen LogP contribution in [0.5, 0.6) is 0 Å². The summed E-state index contributed by atoms with van der Waals surface area (Å²) in [6, 6.07) is 18.0. The second-order valence-electron chi connectivity index (χ2n) is 5.33. The van der Waals surface area contributed by atoms with Crippen molar-refractivity contribution in [2.24, 2.45) is 0 Å². The molecule has 0 radical (unpaired) electrons. The molecule has 0 bridgehead atoms. The van der Waals surface area contributed by atoms with E-state index in [1.54, 1.807) is 0 Å². The van der Waals surface area contributed by atoms with E-state index >= 15 is 0 Å². The van der Waals surface area contributed by atoms with Crippen LogP contribution in [0.15, 0.2) is 60.7 Å². The van der Waals surface area contributed by atoms with Crippen LogP contribution >= 0.6 is 7.60 Å². The van der Waals surface area contributed by atoms with Crippen molar-refractivity contribution in [1.82, 2.24) is 5.32 Å². The van der Waals surface area contributed by atoms with Crippen molar-refractivity contribution in [3.05, 3.63) is 71.8 Å². The van der Waals surface area contributed by atoms with Crippen LogP contribution in [0.4, 0.5) is 4.79 Å². The van der Waals surface area contributed by atoms with Crippen molar-refractivity contribution in [2.45, 2.75) is 12.6 Å². The van der Waals surface area contributed by atoms with Crippen LogP contribution in [0.25, 0.3) is 0 Å². The monoisotopic (exact) mass is 363 g/mol. The van der Waals surface area contributed by atoms with Gasteiger partial charge in [0.05, 0.1) is 12.2 Å². The first-order chi connectivity index (χ1) is 12.1. The Morgan fingerprint density at radius 2 is 1.56 bits per heavy atom. The number of amides is 1. The topological polar surface area (TPSA) is 73.9 Å². The summed E-state index contributed by atoms with van der Waals surface area (Å²) < 4.78 is 27.7. The fourth-order valence-corrected chi connectivity index (χ4v) is 3.47. The van der Waals surface area contributed by atoms with Gasteiger partial charge >= 0.3 is 13.7 Å². The lowest BCUT2D eigenvalue weighted by molar-refractivity contribution is 0.136. The van der Waals surface area contributed by atoms with Gasteiger partial charge in [-0.3, -0.25) is 4.57 Å². The van der Waals surface area contributed by atoms with Gasteiger partial charge in [-0.25, -0.2) is 4.79 Å². The molecule has 1 amide bonds. The predicted octanol–water partition coefficient (Wildman–Crippen LogP) is 4.14. The van der Waals surface area contributed by atoms with E-state index in [-0.39, 0.29) is 12.8 Å². The highest BCUT2D eigenvalue weighted by Crippen LogP contribution is 2.49. The first kappa shape index (κ1) is 19.2. The second-order valence-corrected chi connectivity index (χ2v) is 7.65. The third kappa shape index (κ3) is 6.02. The van der Waals surface area contributed by atoms with Gasteiger partial charge in [-0.1, -0.05) is 60.7 Å². The average molecular weight is 363 g/mol. The average Bonchev–Trinajstić information content (AvgIpc) is 2.67. The Hall–Kier alpha value is -2.14. The maximum atomic E-state index is 12.5. The molecule has 0 heterocycles. The minimum atomic E-state index is -3.31. The summed E-state index contributed by atoms with van der Waals surface area (Å²) in [4.78, 5) is 12.2. The molecule has 0 saturated heterocycles. The third-order valence-electron chi connectivity index (χ3n) is 3.67. The lowest BCUT2D eigenvalue weighted by Crippen LogP contribution is -2.31. The SMILES string of the molecule is COP(=O)(C[C@H](NC(=O)OCc1ccccc1)c1ccccc1)OC. The highest BCUT2D eigenvalue weighted by Gasteiger charge is 2.29. The molecule has 0 fully saturated rings. The molecule has 25 heavy (non-hydrogen) atoms. The molecular formula is C18H22NO5P. The van der Waals surface area contributed by atoms with Crippen molar-refractivity contribution in [2.75, 3.05) is 20.4 Å². The van der Waals surface area contributed by atoms with Crippen molar-refractivity contribution in [3.63, 3.8) is 0 Å². The molecular weight excluding hydrogens is 341 g/mol. The zero-order valence-corrected chi connectivity index (χ0v) is 15.1. The molecule has 2 rings (SSSR count). The van der Waals surface area contributed by atoms with Gasteiger partial charge < -0.3 is 19.1 Å². The molecule has 2 aromatic rings. The van der Waals surface area contributed by atoms with Crippen molar-refractivity contribution < 1.29 is 23.1 Å². The minimum Gasteiger partial charge on any atom is -0.445 e. The summed E-state index contributed by atoms with van der Waals surface area (Å²) in [5.41, 5.74) is 1.67. The van der Waals surface area contributed by atoms with Crippen molar-refractivity contribution in [1.29, 1.82) is 0 Å². The van der Waals surface area contributed by atoms with Crippen LogP contribution in [-0.4, -0.2) is 26.5 Å². The molecule has 7 heteroatoms. The molecule has 0 saturated carbocycles. The number of carbonyl (C=O) groups excluding carboxylic acids is 1. The number of hydrogen-bond donors (Lipinski definition) is 1. The van der Waals surface area contributed by atoms with E-state index in [0.717, 1.165) is 11.1 Å². The number of carbonyl (C=O) groups is 1. The third-order valence-corrected chi connectivity index (χ3v) is 5.59. The maximum absolute atomic E-state index is 12.5. The van der Waals surface area contributed by atoms with Crippen molar-refractivity contribution >= 4 is 13.7 Å². The van der Waals surface area contributed by atoms with E-state index in [1.165, 1.54) is 14.2 Å². The molecule has 2 aromatic carbocycles. The van der Waals surface area contributed by atoms with E-state index in [0.29, 0.717) is 0 Å². The Morgan fingerprint density at radius 1 is 1.00 bits per heavy atom. The van der Waals surface area contributed by atoms with Gasteiger partial charge in [0.15, 0.2) is 0 Å². The second kappa shape index (κ2) is 9.37. The summed E-state index contributed by atoms with van der Waals surface area (Å²) in [6.07, 6.45) is -0.596. The first-order valence-corrected chi connectivity index (χ1v) is 9.52. The quantitative estimate of drug-likeness (QED) is 0.714. The van der Waals surface area contributed by atoms with Gasteiger partial charge in [0, 0.05) is 14.2 Å². The Balaban J connectivity index is 2.05. The molecule has 0 unspecified atom stereocenters. The van der Waals surface area contributed by atoms with Crippen LogP contribution in [-0.2, 0) is 25.0 Å². The molecule has 1 N–H and O–H groups in total. The first-order valence-electron chi connectivity index (χ1n) is 7.79. The summed E-state index contributed by atoms with van der Waals surface area (Å²) in [5.74, 6) is 0. The van der Waals surface area contributed by atoms with Crippen molar-refractivity contribution in [3.8, 4) is 0 Å². The van der Waals surface area contributed by atoms with E-state index in [4.69, 9.17) is 13.8 Å². The number of hydrogen-bond acceptors (Lipinski definition) is 5. The molecule has 1 atom stereocenters. The van der Waals surface area contributed by atoms with Gasteiger partial charge in [-0.2, -0.15) is 0 Å². The number of ether oxygens (including phenoxy) is 1. The highest BCUT2D eigenvalue weighted by molar-refractivity contribution is 7.53. The van der Waals surface area contributed by atoms with Crippen LogP contribution in [0.2, 0.25) is 0 Å². The smallest absolute Gasteiger partial charge is 0.407 e. The number of benzene rings is 2. The molecule has 134 valence electrons. The largest absolute Gasteiger partial charge is 0.445 e. The van der Waals surface area contributed by atoms with Crippen LogP contribution in [0, 0.1) is 0 Å². The fraction of sp³-hybridized carbons (Fsp3) is 0.278. The Kier molecular flexibility index (Phi) is 7.19. The number of nitrogens with one attached hydrogen (secondary N) is 1. The van der Waals surface area contributed by atoms with E-state index in [1.807, 2.05) is 60.7 Å². The molecule has 0 spiro atoms. The zero-order valence-electron chi connectivity index (χ0n) is 14.3. The minimum absolute atomic E-state index is 0.00441. The Morgan fingerprint density at radius 3 is 2.12 bits per heavy atom. The standard InChI is InChI=1S/C18H22NO5P/c1-22-25(21,23-2)14-17(16-11-7-4-8-12-16)19-18(20)24-13-15-9-5-3-6-10-15/h3-12,17H,13-14H2,1-2H3,(H,19,20)/t17-/m0/s1. The molecule has 6 nitrogen and oxygen atoms in total. The van der Waals surface area contributed by atoms with E-state index in [9.17, 15) is 9.36 Å². The number of rotatable bonds is 8. The van der Waals surface area contributed by atoms with E-state index in [2.05, 4.69) is 5.32 Å². The van der Waals surface area contributed by atoms with Gasteiger partial charge in [-0.15, -0.1) is 0 Å². The van der Waals surface area contributed by atoms with Crippen LogP contribution in [0.3, 0.4) is 0 Å². The summed E-state index contributed by atoms with van der Waals surface area (Å²) in [6.45, 7) is 0.153. The molecule has 0 aliphatic rings. The van der Waals surface area contributed by atoms with Gasteiger partial charge in [0.25, 0.3) is 0 Å². The van der Waals surface area contributed by atoms with Gasteiger partial charge in [-0.05, 0) is 11.1 Å². The highest BCUT2D eigenvalue weighted by atomic mass is 31.2. The molecule has 0 aliphatic heterocycles. The van der Waals surface area contributed by atoms with Gasteiger partial charge in [0.2, 0.25) is 0 Å². The maximum Gasteiger partial charge on any atom is 0.407 e. The molecule has 0 aliphatic carbocycles. The lowest BCUT2D eigenvalue weighted by Gasteiger charge is -2.22. The van der Waals surface area contributed by atoms with Crippen LogP contribution in [0.1, 0.15) is 17.2 Å². The normalized spacial score (nSPS) is 12.4. The predicted molar refractivity (Wildman–Crippen MR) is 95.4 cm³/mol. The molecule has 0 aromatic heterocycles. The van der Waals surface area contributed by atoms with Gasteiger partial charge in [0.1, 0.15) is 6.61 Å². The Bertz CT molecular complexity index is 700. The zero-order chi connectivity index (χ0) is 18.1. The van der Waals surface area contributed by atoms with Crippen LogP contribution < -0.4 is 5.32 Å². The summed E-state index contributed by atoms with van der Waals surface area (Å²) >= 11 is 0. The van der Waals surface area contributed by atoms with E-state index < -0.39 is 19.7 Å².